The molecule has 19 heavy (non-hydrogen) atoms. The summed E-state index contributed by atoms with van der Waals surface area (Å²) in [6.45, 7) is 2.15. The van der Waals surface area contributed by atoms with Gasteiger partial charge in [-0.3, -0.25) is 10.1 Å². The second-order valence-corrected chi connectivity index (χ2v) is 5.24. The van der Waals surface area contributed by atoms with Gasteiger partial charge in [0.05, 0.1) is 10.6 Å². The van der Waals surface area contributed by atoms with E-state index >= 15 is 0 Å². The van der Waals surface area contributed by atoms with Crippen molar-refractivity contribution in [3.05, 3.63) is 22.2 Å². The van der Waals surface area contributed by atoms with Crippen molar-refractivity contribution in [1.82, 2.24) is 10.3 Å². The summed E-state index contributed by atoms with van der Waals surface area (Å²) in [7, 11) is 0. The molecule has 2 aromatic rings. The third kappa shape index (κ3) is 2.00. The van der Waals surface area contributed by atoms with E-state index in [0.29, 0.717) is 5.52 Å². The monoisotopic (exact) mass is 262 g/mol. The lowest BCUT2D eigenvalue weighted by molar-refractivity contribution is -0.383. The van der Waals surface area contributed by atoms with Crippen LogP contribution in [-0.4, -0.2) is 20.8 Å². The lowest BCUT2D eigenvalue weighted by Crippen LogP contribution is -2.30. The molecule has 1 N–H and O–H groups in total. The van der Waals surface area contributed by atoms with Crippen LogP contribution in [0.25, 0.3) is 11.0 Å². The Hall–Kier alpha value is -2.18. The van der Waals surface area contributed by atoms with Crippen LogP contribution in [-0.2, 0) is 0 Å². The van der Waals surface area contributed by atoms with E-state index in [-0.39, 0.29) is 16.7 Å². The molecule has 7 nitrogen and oxygen atoms in total. The number of rotatable bonds is 3. The second-order valence-electron chi connectivity index (χ2n) is 5.24. The zero-order valence-corrected chi connectivity index (χ0v) is 10.5. The Morgan fingerprint density at radius 1 is 1.32 bits per heavy atom. The Bertz CT molecular complexity index is 631. The van der Waals surface area contributed by atoms with E-state index in [2.05, 4.69) is 27.2 Å². The Balaban J connectivity index is 2.03. The molecule has 0 radical (unpaired) electrons. The van der Waals surface area contributed by atoms with Crippen LogP contribution in [0.1, 0.15) is 32.6 Å². The van der Waals surface area contributed by atoms with Gasteiger partial charge >= 0.3 is 5.69 Å². The van der Waals surface area contributed by atoms with Gasteiger partial charge in [0.1, 0.15) is 0 Å². The highest BCUT2D eigenvalue weighted by atomic mass is 16.6. The van der Waals surface area contributed by atoms with Gasteiger partial charge in [0.25, 0.3) is 0 Å². The van der Waals surface area contributed by atoms with Crippen molar-refractivity contribution in [3.63, 3.8) is 0 Å². The Morgan fingerprint density at radius 3 is 2.68 bits per heavy atom. The minimum absolute atomic E-state index is 0.0159. The fourth-order valence-electron chi connectivity index (χ4n) is 2.71. The van der Waals surface area contributed by atoms with Gasteiger partial charge in [0.2, 0.25) is 5.52 Å². The molecular weight excluding hydrogens is 248 g/mol. The number of fused-ring (bicyclic) bond motifs is 1. The van der Waals surface area contributed by atoms with E-state index in [9.17, 15) is 10.1 Å². The molecular formula is C12H14N4O3. The molecule has 1 aliphatic rings. The molecule has 0 unspecified atom stereocenters. The lowest BCUT2D eigenvalue weighted by Gasteiger charge is -2.26. The van der Waals surface area contributed by atoms with Gasteiger partial charge in [0, 0.05) is 11.6 Å². The van der Waals surface area contributed by atoms with Crippen LogP contribution >= 0.6 is 0 Å². The van der Waals surface area contributed by atoms with Gasteiger partial charge in [-0.25, -0.2) is 4.63 Å². The molecule has 1 aromatic heterocycles. The number of benzene rings is 1. The molecule has 0 saturated heterocycles. The molecule has 0 spiro atoms. The van der Waals surface area contributed by atoms with Crippen LogP contribution in [0.3, 0.4) is 0 Å². The van der Waals surface area contributed by atoms with Crippen LogP contribution < -0.4 is 5.32 Å². The quantitative estimate of drug-likeness (QED) is 0.675. The average Bonchev–Trinajstić information content (AvgIpc) is 2.98. The maximum absolute atomic E-state index is 10.9. The minimum Gasteiger partial charge on any atom is -0.378 e. The van der Waals surface area contributed by atoms with Crippen molar-refractivity contribution in [2.75, 3.05) is 5.32 Å². The summed E-state index contributed by atoms with van der Waals surface area (Å²) in [5, 5.41) is 21.7. The maximum Gasteiger partial charge on any atom is 0.300 e. The van der Waals surface area contributed by atoms with Crippen molar-refractivity contribution in [2.24, 2.45) is 0 Å². The Kier molecular flexibility index (Phi) is 2.62. The van der Waals surface area contributed by atoms with Crippen LogP contribution in [0.15, 0.2) is 16.8 Å². The first-order valence-electron chi connectivity index (χ1n) is 6.27. The van der Waals surface area contributed by atoms with Gasteiger partial charge in [-0.1, -0.05) is 12.8 Å². The highest BCUT2D eigenvalue weighted by Crippen LogP contribution is 2.36. The predicted molar refractivity (Wildman–Crippen MR) is 69.0 cm³/mol. The van der Waals surface area contributed by atoms with Crippen LogP contribution in [0.5, 0.6) is 0 Å². The third-order valence-electron chi connectivity index (χ3n) is 3.73. The molecule has 0 amide bonds. The zero-order chi connectivity index (χ0) is 13.5. The molecule has 1 heterocycles. The van der Waals surface area contributed by atoms with Gasteiger partial charge in [0.15, 0.2) is 5.52 Å². The lowest BCUT2D eigenvalue weighted by atomic mass is 10.00. The average molecular weight is 262 g/mol. The molecule has 100 valence electrons. The van der Waals surface area contributed by atoms with Crippen molar-refractivity contribution < 1.29 is 9.55 Å². The van der Waals surface area contributed by atoms with Gasteiger partial charge in [-0.15, -0.1) is 0 Å². The number of hydrogen-bond acceptors (Lipinski definition) is 6. The van der Waals surface area contributed by atoms with Crippen molar-refractivity contribution in [3.8, 4) is 0 Å². The number of nitrogens with one attached hydrogen (secondary N) is 1. The first kappa shape index (κ1) is 11.9. The predicted octanol–water partition coefficient (Wildman–Crippen LogP) is 2.88. The first-order chi connectivity index (χ1) is 9.09. The number of aromatic nitrogens is 2. The summed E-state index contributed by atoms with van der Waals surface area (Å²) in [6, 6.07) is 3.11. The largest absolute Gasteiger partial charge is 0.378 e. The molecule has 3 rings (SSSR count). The van der Waals surface area contributed by atoms with Crippen molar-refractivity contribution >= 4 is 22.4 Å². The second kappa shape index (κ2) is 4.18. The summed E-state index contributed by atoms with van der Waals surface area (Å²) < 4.78 is 4.65. The first-order valence-corrected chi connectivity index (χ1v) is 6.27. The molecule has 1 aliphatic carbocycles. The Morgan fingerprint density at radius 2 is 2.00 bits per heavy atom. The summed E-state index contributed by atoms with van der Waals surface area (Å²) in [4.78, 5) is 10.4. The molecule has 1 aromatic carbocycles. The smallest absolute Gasteiger partial charge is 0.300 e. The summed E-state index contributed by atoms with van der Waals surface area (Å²) in [5.41, 5.74) is 1.28. The van der Waals surface area contributed by atoms with Gasteiger partial charge in [-0.05, 0) is 36.1 Å². The molecule has 0 bridgehead atoms. The van der Waals surface area contributed by atoms with Crippen LogP contribution in [0, 0.1) is 10.1 Å². The van der Waals surface area contributed by atoms with E-state index in [1.165, 1.54) is 18.9 Å². The molecule has 1 saturated carbocycles. The minimum atomic E-state index is -0.479. The van der Waals surface area contributed by atoms with Gasteiger partial charge in [-0.2, -0.15) is 0 Å². The number of anilines is 1. The number of nitrogens with zero attached hydrogens (tertiary/aromatic N) is 3. The SMILES string of the molecule is CC1(Nc2ccc([N+](=O)[O-])c3nonc23)CCCC1. The number of nitro benzene ring substituents is 1. The van der Waals surface area contributed by atoms with Crippen LogP contribution in [0.2, 0.25) is 0 Å². The van der Waals surface area contributed by atoms with E-state index in [4.69, 9.17) is 0 Å². The summed E-state index contributed by atoms with van der Waals surface area (Å²) in [6.07, 6.45) is 4.54. The normalized spacial score (nSPS) is 17.7. The number of nitro groups is 1. The fourth-order valence-corrected chi connectivity index (χ4v) is 2.71. The standard InChI is InChI=1S/C12H14N4O3/c1-12(6-2-3-7-12)13-8-4-5-9(16(17)18)11-10(8)14-19-15-11/h4-5,13H,2-3,6-7H2,1H3. The number of hydrogen-bond donors (Lipinski definition) is 1. The molecule has 0 aliphatic heterocycles. The van der Waals surface area contributed by atoms with Gasteiger partial charge < -0.3 is 5.32 Å². The maximum atomic E-state index is 10.9. The topological polar surface area (TPSA) is 94.1 Å². The Labute approximate surface area is 109 Å². The zero-order valence-electron chi connectivity index (χ0n) is 10.5. The van der Waals surface area contributed by atoms with Crippen molar-refractivity contribution in [1.29, 1.82) is 0 Å². The van der Waals surface area contributed by atoms with Crippen molar-refractivity contribution in [2.45, 2.75) is 38.1 Å². The van der Waals surface area contributed by atoms with E-state index < -0.39 is 4.92 Å². The number of non-ortho nitro benzene ring substituents is 1. The molecule has 7 heteroatoms. The van der Waals surface area contributed by atoms with Crippen LogP contribution in [0.4, 0.5) is 11.4 Å². The highest BCUT2D eigenvalue weighted by molar-refractivity contribution is 5.93. The van der Waals surface area contributed by atoms with E-state index in [0.717, 1.165) is 18.5 Å². The summed E-state index contributed by atoms with van der Waals surface area (Å²) >= 11 is 0. The molecule has 1 fully saturated rings. The highest BCUT2D eigenvalue weighted by Gasteiger charge is 2.30. The third-order valence-corrected chi connectivity index (χ3v) is 3.73. The van der Waals surface area contributed by atoms with E-state index in [1.54, 1.807) is 6.07 Å². The molecule has 0 atom stereocenters. The van der Waals surface area contributed by atoms with E-state index in [1.807, 2.05) is 0 Å². The summed E-state index contributed by atoms with van der Waals surface area (Å²) in [5.74, 6) is 0. The fraction of sp³-hybridized carbons (Fsp3) is 0.500.